The topological polar surface area (TPSA) is 54.7 Å². The predicted octanol–water partition coefficient (Wildman–Crippen LogP) is 6.14. The number of hydrogen-bond donors (Lipinski definition) is 1. The summed E-state index contributed by atoms with van der Waals surface area (Å²) in [7, 11) is 1.69. The van der Waals surface area contributed by atoms with Crippen LogP contribution in [-0.2, 0) is 13.1 Å². The Morgan fingerprint density at radius 3 is 2.60 bits per heavy atom. The molecule has 35 heavy (non-hydrogen) atoms. The molecule has 0 bridgehead atoms. The van der Waals surface area contributed by atoms with Crippen LogP contribution in [0.2, 0.25) is 0 Å². The molecule has 172 valence electrons. The second kappa shape index (κ2) is 8.99. The Morgan fingerprint density at radius 2 is 1.77 bits per heavy atom. The Kier molecular flexibility index (Phi) is 5.39. The summed E-state index contributed by atoms with van der Waals surface area (Å²) in [5.41, 5.74) is 7.68. The summed E-state index contributed by atoms with van der Waals surface area (Å²) in [5.74, 6) is 1.46. The van der Waals surface area contributed by atoms with Crippen molar-refractivity contribution in [1.29, 1.82) is 0 Å². The first-order valence-electron chi connectivity index (χ1n) is 11.6. The Balaban J connectivity index is 1.27. The van der Waals surface area contributed by atoms with Gasteiger partial charge in [0.2, 0.25) is 5.95 Å². The number of benzene rings is 3. The van der Waals surface area contributed by atoms with Crippen LogP contribution in [0.1, 0.15) is 16.7 Å². The van der Waals surface area contributed by atoms with Crippen molar-refractivity contribution in [3.63, 3.8) is 0 Å². The van der Waals surface area contributed by atoms with E-state index in [1.165, 1.54) is 16.7 Å². The first kappa shape index (κ1) is 21.0. The summed E-state index contributed by atoms with van der Waals surface area (Å²) < 4.78 is 7.18. The third-order valence-electron chi connectivity index (χ3n) is 6.21. The standard InChI is InChI=1S/C29H25N5O/c1-35-26-14-10-21(11-15-26)19-33-17-16-22-12-13-23(18-24(22)20-33)27-8-5-9-28-31-29(32-34(27)28)30-25-6-3-2-4-7-25/h2-18H,19-20H2,1H3,(H,30,32). The van der Waals surface area contributed by atoms with Gasteiger partial charge < -0.3 is 15.0 Å². The number of ether oxygens (including phenoxy) is 1. The second-order valence-electron chi connectivity index (χ2n) is 8.59. The molecule has 6 nitrogen and oxygen atoms in total. The van der Waals surface area contributed by atoms with Gasteiger partial charge in [0.05, 0.1) is 12.8 Å². The van der Waals surface area contributed by atoms with Gasteiger partial charge in [0.15, 0.2) is 5.65 Å². The molecule has 0 fully saturated rings. The van der Waals surface area contributed by atoms with Gasteiger partial charge >= 0.3 is 0 Å². The fourth-order valence-electron chi connectivity index (χ4n) is 4.42. The molecule has 0 spiro atoms. The number of hydrogen-bond acceptors (Lipinski definition) is 5. The number of fused-ring (bicyclic) bond motifs is 2. The minimum atomic E-state index is 0.579. The van der Waals surface area contributed by atoms with E-state index in [9.17, 15) is 0 Å². The fourth-order valence-corrected chi connectivity index (χ4v) is 4.42. The number of methoxy groups -OCH3 is 1. The number of para-hydroxylation sites is 1. The van der Waals surface area contributed by atoms with E-state index >= 15 is 0 Å². The van der Waals surface area contributed by atoms with Gasteiger partial charge in [-0.25, -0.2) is 4.52 Å². The van der Waals surface area contributed by atoms with E-state index in [2.05, 4.69) is 63.9 Å². The highest BCUT2D eigenvalue weighted by molar-refractivity contribution is 5.69. The highest BCUT2D eigenvalue weighted by atomic mass is 16.5. The Morgan fingerprint density at radius 1 is 0.914 bits per heavy atom. The smallest absolute Gasteiger partial charge is 0.247 e. The third-order valence-corrected chi connectivity index (χ3v) is 6.21. The second-order valence-corrected chi connectivity index (χ2v) is 8.59. The fraction of sp³-hybridized carbons (Fsp3) is 0.103. The van der Waals surface area contributed by atoms with Crippen molar-refractivity contribution in [2.75, 3.05) is 12.4 Å². The zero-order valence-corrected chi connectivity index (χ0v) is 19.4. The molecule has 2 aromatic heterocycles. The molecule has 0 saturated carbocycles. The number of rotatable bonds is 6. The van der Waals surface area contributed by atoms with E-state index in [1.807, 2.05) is 59.1 Å². The summed E-state index contributed by atoms with van der Waals surface area (Å²) in [5, 5.41) is 8.03. The van der Waals surface area contributed by atoms with Crippen LogP contribution in [0.25, 0.3) is 23.0 Å². The van der Waals surface area contributed by atoms with Gasteiger partial charge in [0, 0.05) is 30.5 Å². The van der Waals surface area contributed by atoms with Crippen molar-refractivity contribution >= 4 is 23.4 Å². The van der Waals surface area contributed by atoms with Crippen LogP contribution in [0.15, 0.2) is 97.2 Å². The molecule has 1 aliphatic rings. The van der Waals surface area contributed by atoms with Crippen molar-refractivity contribution in [2.24, 2.45) is 0 Å². The third kappa shape index (κ3) is 4.34. The van der Waals surface area contributed by atoms with E-state index < -0.39 is 0 Å². The van der Waals surface area contributed by atoms with Crippen molar-refractivity contribution in [1.82, 2.24) is 19.5 Å². The van der Waals surface area contributed by atoms with Crippen LogP contribution in [0, 0.1) is 0 Å². The maximum atomic E-state index is 5.28. The Labute approximate surface area is 204 Å². The van der Waals surface area contributed by atoms with Gasteiger partial charge in [-0.1, -0.05) is 48.5 Å². The van der Waals surface area contributed by atoms with Crippen LogP contribution < -0.4 is 10.1 Å². The van der Waals surface area contributed by atoms with Crippen molar-refractivity contribution in [2.45, 2.75) is 13.1 Å². The normalized spacial score (nSPS) is 12.5. The van der Waals surface area contributed by atoms with Crippen molar-refractivity contribution in [3.05, 3.63) is 114 Å². The highest BCUT2D eigenvalue weighted by Crippen LogP contribution is 2.28. The van der Waals surface area contributed by atoms with Crippen LogP contribution in [0.3, 0.4) is 0 Å². The summed E-state index contributed by atoms with van der Waals surface area (Å²) in [6, 6.07) is 30.9. The van der Waals surface area contributed by atoms with E-state index in [1.54, 1.807) is 7.11 Å². The van der Waals surface area contributed by atoms with Crippen molar-refractivity contribution in [3.8, 4) is 17.0 Å². The molecule has 3 aromatic carbocycles. The van der Waals surface area contributed by atoms with E-state index in [0.29, 0.717) is 5.95 Å². The molecule has 0 amide bonds. The first-order chi connectivity index (χ1) is 17.2. The number of nitrogens with one attached hydrogen (secondary N) is 1. The average molecular weight is 460 g/mol. The molecule has 0 radical (unpaired) electrons. The number of pyridine rings is 1. The maximum Gasteiger partial charge on any atom is 0.247 e. The van der Waals surface area contributed by atoms with Gasteiger partial charge in [0.25, 0.3) is 0 Å². The molecule has 0 saturated heterocycles. The molecule has 1 N–H and O–H groups in total. The van der Waals surface area contributed by atoms with Crippen LogP contribution in [0.4, 0.5) is 11.6 Å². The summed E-state index contributed by atoms with van der Waals surface area (Å²) in [6.07, 6.45) is 4.36. The van der Waals surface area contributed by atoms with Crippen LogP contribution >= 0.6 is 0 Å². The molecule has 0 unspecified atom stereocenters. The molecule has 0 aliphatic carbocycles. The number of nitrogens with zero attached hydrogens (tertiary/aromatic N) is 4. The lowest BCUT2D eigenvalue weighted by molar-refractivity contribution is 0.359. The minimum absolute atomic E-state index is 0.579. The van der Waals surface area contributed by atoms with Gasteiger partial charge in [-0.3, -0.25) is 0 Å². The average Bonchev–Trinajstić information content (AvgIpc) is 3.32. The zero-order chi connectivity index (χ0) is 23.6. The zero-order valence-electron chi connectivity index (χ0n) is 19.4. The molecular formula is C29H25N5O. The number of aromatic nitrogens is 3. The highest BCUT2D eigenvalue weighted by Gasteiger charge is 2.15. The van der Waals surface area contributed by atoms with Crippen molar-refractivity contribution < 1.29 is 4.74 Å². The molecule has 3 heterocycles. The van der Waals surface area contributed by atoms with E-state index in [-0.39, 0.29) is 0 Å². The lowest BCUT2D eigenvalue weighted by atomic mass is 9.99. The van der Waals surface area contributed by atoms with E-state index in [0.717, 1.165) is 41.4 Å². The maximum absolute atomic E-state index is 5.28. The molecule has 5 aromatic rings. The summed E-state index contributed by atoms with van der Waals surface area (Å²) in [6.45, 7) is 1.69. The quantitative estimate of drug-likeness (QED) is 0.331. The molecule has 6 heteroatoms. The van der Waals surface area contributed by atoms with Crippen LogP contribution in [0.5, 0.6) is 5.75 Å². The van der Waals surface area contributed by atoms with Gasteiger partial charge in [-0.15, -0.1) is 5.10 Å². The Bertz CT molecular complexity index is 1510. The molecular weight excluding hydrogens is 434 g/mol. The van der Waals surface area contributed by atoms with Gasteiger partial charge in [-0.05, 0) is 65.2 Å². The van der Waals surface area contributed by atoms with E-state index in [4.69, 9.17) is 9.84 Å². The first-order valence-corrected chi connectivity index (χ1v) is 11.6. The van der Waals surface area contributed by atoms with Crippen LogP contribution in [-0.4, -0.2) is 26.6 Å². The largest absolute Gasteiger partial charge is 0.497 e. The molecule has 1 aliphatic heterocycles. The lowest BCUT2D eigenvalue weighted by Crippen LogP contribution is -2.19. The monoisotopic (exact) mass is 459 g/mol. The summed E-state index contributed by atoms with van der Waals surface area (Å²) in [4.78, 5) is 6.99. The SMILES string of the molecule is COc1ccc(CN2C=Cc3ccc(-c4cccc5nc(Nc6ccccc6)nn45)cc3C2)cc1. The Hall–Kier alpha value is -4.58. The molecule has 6 rings (SSSR count). The van der Waals surface area contributed by atoms with Gasteiger partial charge in [0.1, 0.15) is 5.75 Å². The summed E-state index contributed by atoms with van der Waals surface area (Å²) >= 11 is 0. The van der Waals surface area contributed by atoms with Gasteiger partial charge in [-0.2, -0.15) is 4.98 Å². The predicted molar refractivity (Wildman–Crippen MR) is 139 cm³/mol. The number of anilines is 2. The molecule has 0 atom stereocenters. The minimum Gasteiger partial charge on any atom is -0.497 e. The lowest BCUT2D eigenvalue weighted by Gasteiger charge is -2.26.